The average molecular weight is 400 g/mol. The molecule has 0 radical (unpaired) electrons. The summed E-state index contributed by atoms with van der Waals surface area (Å²) >= 11 is 0. The number of fused-ring (bicyclic) bond motifs is 4. The third-order valence-corrected chi connectivity index (χ3v) is 6.09. The van der Waals surface area contributed by atoms with E-state index in [9.17, 15) is 4.79 Å². The summed E-state index contributed by atoms with van der Waals surface area (Å²) in [5, 5.41) is 9.11. The Balaban J connectivity index is 1.78. The van der Waals surface area contributed by atoms with E-state index in [-0.39, 0.29) is 23.9 Å². The second-order valence-corrected chi connectivity index (χ2v) is 8.97. The first kappa shape index (κ1) is 21.4. The summed E-state index contributed by atoms with van der Waals surface area (Å²) in [5.41, 5.74) is 1.41. The van der Waals surface area contributed by atoms with Gasteiger partial charge in [0.25, 0.3) is 0 Å². The number of benzene rings is 1. The maximum Gasteiger partial charge on any atom is 0.302 e. The summed E-state index contributed by atoms with van der Waals surface area (Å²) in [6.07, 6.45) is 1.05. The molecule has 0 spiro atoms. The van der Waals surface area contributed by atoms with Crippen molar-refractivity contribution in [2.75, 3.05) is 37.7 Å². The van der Waals surface area contributed by atoms with Crippen LogP contribution in [-0.2, 0) is 9.53 Å². The lowest BCUT2D eigenvalue weighted by atomic mass is 9.73. The van der Waals surface area contributed by atoms with Gasteiger partial charge in [0.15, 0.2) is 0 Å². The van der Waals surface area contributed by atoms with Crippen LogP contribution < -0.4 is 9.64 Å². The van der Waals surface area contributed by atoms with Crippen LogP contribution in [0.5, 0.6) is 5.75 Å². The second-order valence-electron chi connectivity index (χ2n) is 8.97. The minimum Gasteiger partial charge on any atom is -0.494 e. The number of carbonyl (C=O) groups is 1. The fourth-order valence-electron chi connectivity index (χ4n) is 5.03. The van der Waals surface area contributed by atoms with Crippen molar-refractivity contribution in [3.05, 3.63) is 24.3 Å². The van der Waals surface area contributed by atoms with Crippen LogP contribution in [0.15, 0.2) is 24.3 Å². The minimum absolute atomic E-state index is 0.183. The first-order chi connectivity index (χ1) is 13.8. The molecule has 1 unspecified atom stereocenters. The monoisotopic (exact) mass is 399 g/mol. The van der Waals surface area contributed by atoms with E-state index in [0.29, 0.717) is 25.1 Å². The van der Waals surface area contributed by atoms with Crippen LogP contribution in [0, 0.1) is 22.7 Å². The number of rotatable bonds is 7. The molecule has 1 aromatic rings. The molecule has 6 heteroatoms. The van der Waals surface area contributed by atoms with Crippen molar-refractivity contribution >= 4 is 11.7 Å². The zero-order chi connectivity index (χ0) is 21.0. The molecule has 3 fully saturated rings. The molecule has 3 aliphatic heterocycles. The number of ether oxygens (including phenoxy) is 2. The Labute approximate surface area is 174 Å². The summed E-state index contributed by atoms with van der Waals surface area (Å²) in [7, 11) is 0. The molecule has 29 heavy (non-hydrogen) atoms. The molecule has 3 heterocycles. The average Bonchev–Trinajstić information content (AvgIpc) is 2.88. The quantitative estimate of drug-likeness (QED) is 0.654. The fourth-order valence-corrected chi connectivity index (χ4v) is 5.03. The number of hydrogen-bond donors (Lipinski definition) is 0. The Hall–Kier alpha value is -2.26. The number of esters is 1. The summed E-state index contributed by atoms with van der Waals surface area (Å²) in [6, 6.07) is 10.9. The molecule has 6 nitrogen and oxygen atoms in total. The van der Waals surface area contributed by atoms with E-state index >= 15 is 0 Å². The molecular weight excluding hydrogens is 366 g/mol. The predicted molar refractivity (Wildman–Crippen MR) is 113 cm³/mol. The van der Waals surface area contributed by atoms with E-state index in [0.717, 1.165) is 25.4 Å². The Kier molecular flexibility index (Phi) is 6.69. The van der Waals surface area contributed by atoms with Gasteiger partial charge in [-0.3, -0.25) is 9.69 Å². The van der Waals surface area contributed by atoms with Gasteiger partial charge in [-0.2, -0.15) is 5.26 Å². The third kappa shape index (κ3) is 5.22. The molecule has 0 aliphatic carbocycles. The molecule has 3 saturated heterocycles. The van der Waals surface area contributed by atoms with Crippen molar-refractivity contribution in [3.63, 3.8) is 0 Å². The number of anilines is 1. The highest BCUT2D eigenvalue weighted by Gasteiger charge is 2.46. The summed E-state index contributed by atoms with van der Waals surface area (Å²) in [6.45, 7) is 12.3. The zero-order valence-corrected chi connectivity index (χ0v) is 18.1. The molecule has 0 saturated carbocycles. The lowest BCUT2D eigenvalue weighted by molar-refractivity contribution is -0.147. The van der Waals surface area contributed by atoms with Crippen LogP contribution in [0.3, 0.4) is 0 Å². The van der Waals surface area contributed by atoms with Crippen LogP contribution >= 0.6 is 0 Å². The van der Waals surface area contributed by atoms with Gasteiger partial charge in [0, 0.05) is 44.8 Å². The van der Waals surface area contributed by atoms with Gasteiger partial charge in [-0.15, -0.1) is 0 Å². The van der Waals surface area contributed by atoms with Gasteiger partial charge in [-0.1, -0.05) is 13.8 Å². The highest BCUT2D eigenvalue weighted by Crippen LogP contribution is 2.43. The molecule has 0 amide bonds. The van der Waals surface area contributed by atoms with Gasteiger partial charge in [0.05, 0.1) is 19.1 Å². The Morgan fingerprint density at radius 2 is 2.00 bits per heavy atom. The van der Waals surface area contributed by atoms with E-state index in [2.05, 4.69) is 41.8 Å². The normalized spacial score (nSPS) is 24.4. The molecule has 0 N–H and O–H groups in total. The van der Waals surface area contributed by atoms with Crippen molar-refractivity contribution in [1.82, 2.24) is 4.90 Å². The number of nitriles is 1. The predicted octanol–water partition coefficient (Wildman–Crippen LogP) is 3.47. The lowest BCUT2D eigenvalue weighted by Gasteiger charge is -2.48. The van der Waals surface area contributed by atoms with Crippen LogP contribution in [0.1, 0.15) is 40.5 Å². The maximum absolute atomic E-state index is 11.4. The van der Waals surface area contributed by atoms with Crippen LogP contribution in [0.4, 0.5) is 5.69 Å². The highest BCUT2D eigenvalue weighted by molar-refractivity contribution is 5.66. The van der Waals surface area contributed by atoms with Gasteiger partial charge in [0.1, 0.15) is 11.9 Å². The molecule has 2 bridgehead atoms. The standard InChI is InChI=1S/C23H33N3O3/c1-5-28-20-8-6-19(7-9-20)26-14-18-12-23(3,4)22(26)16-25(13-18)15-21(10-11-24)29-17(2)27/h6-9,18,21-22H,5,10,12-16H2,1-4H3/t18-,21?,22-/m1/s1. The highest BCUT2D eigenvalue weighted by atomic mass is 16.5. The lowest BCUT2D eigenvalue weighted by Crippen LogP contribution is -2.54. The first-order valence-electron chi connectivity index (χ1n) is 10.6. The van der Waals surface area contributed by atoms with Gasteiger partial charge in [0.2, 0.25) is 0 Å². The molecule has 3 atom stereocenters. The third-order valence-electron chi connectivity index (χ3n) is 6.09. The Morgan fingerprint density at radius 1 is 1.28 bits per heavy atom. The molecule has 4 rings (SSSR count). The molecule has 1 aromatic carbocycles. The van der Waals surface area contributed by atoms with Crippen LogP contribution in [0.25, 0.3) is 0 Å². The van der Waals surface area contributed by atoms with Crippen molar-refractivity contribution in [3.8, 4) is 11.8 Å². The molecule has 158 valence electrons. The van der Waals surface area contributed by atoms with Crippen LogP contribution in [-0.4, -0.2) is 55.8 Å². The fraction of sp³-hybridized carbons (Fsp3) is 0.652. The SMILES string of the molecule is CCOc1ccc(N2C[C@H]3CN(CC(CC#N)OC(C)=O)C[C@@H]2C(C)(C)C3)cc1. The summed E-state index contributed by atoms with van der Waals surface area (Å²) in [5.74, 6) is 1.12. The van der Waals surface area contributed by atoms with Crippen LogP contribution in [0.2, 0.25) is 0 Å². The zero-order valence-electron chi connectivity index (χ0n) is 18.1. The Bertz CT molecular complexity index is 741. The molecule has 0 aromatic heterocycles. The van der Waals surface area contributed by atoms with E-state index < -0.39 is 0 Å². The maximum atomic E-state index is 11.4. The van der Waals surface area contributed by atoms with Crippen molar-refractivity contribution < 1.29 is 14.3 Å². The topological polar surface area (TPSA) is 65.8 Å². The molecular formula is C23H33N3O3. The Morgan fingerprint density at radius 3 is 2.62 bits per heavy atom. The van der Waals surface area contributed by atoms with E-state index in [1.165, 1.54) is 19.0 Å². The second kappa shape index (κ2) is 9.04. The number of carbonyl (C=O) groups excluding carboxylic acids is 1. The van der Waals surface area contributed by atoms with Crippen molar-refractivity contribution in [2.45, 2.75) is 52.7 Å². The van der Waals surface area contributed by atoms with E-state index in [4.69, 9.17) is 14.7 Å². The van der Waals surface area contributed by atoms with Gasteiger partial charge >= 0.3 is 5.97 Å². The van der Waals surface area contributed by atoms with E-state index in [1.54, 1.807) is 0 Å². The largest absolute Gasteiger partial charge is 0.494 e. The number of hydrogen-bond acceptors (Lipinski definition) is 6. The number of piperidine rings is 1. The number of nitrogens with zero attached hydrogens (tertiary/aromatic N) is 3. The summed E-state index contributed by atoms with van der Waals surface area (Å²) < 4.78 is 11.0. The van der Waals surface area contributed by atoms with Gasteiger partial charge < -0.3 is 14.4 Å². The van der Waals surface area contributed by atoms with Gasteiger partial charge in [-0.25, -0.2) is 0 Å². The van der Waals surface area contributed by atoms with Crippen molar-refractivity contribution in [2.24, 2.45) is 11.3 Å². The summed E-state index contributed by atoms with van der Waals surface area (Å²) in [4.78, 5) is 16.4. The van der Waals surface area contributed by atoms with E-state index in [1.807, 2.05) is 19.1 Å². The minimum atomic E-state index is -0.364. The molecule has 3 aliphatic rings. The van der Waals surface area contributed by atoms with Gasteiger partial charge in [-0.05, 0) is 48.9 Å². The van der Waals surface area contributed by atoms with Crippen molar-refractivity contribution in [1.29, 1.82) is 5.26 Å². The smallest absolute Gasteiger partial charge is 0.302 e. The first-order valence-corrected chi connectivity index (χ1v) is 10.6.